The lowest BCUT2D eigenvalue weighted by Crippen LogP contribution is -2.44. The Hall–Kier alpha value is -2.19. The minimum atomic E-state index is -0.211. The summed E-state index contributed by atoms with van der Waals surface area (Å²) in [7, 11) is 0. The summed E-state index contributed by atoms with van der Waals surface area (Å²) in [5, 5.41) is 10.5. The summed E-state index contributed by atoms with van der Waals surface area (Å²) in [6, 6.07) is 5.39. The van der Waals surface area contributed by atoms with Gasteiger partial charge in [-0.3, -0.25) is 9.20 Å². The van der Waals surface area contributed by atoms with Gasteiger partial charge in [0.2, 0.25) is 5.91 Å². The van der Waals surface area contributed by atoms with Crippen molar-refractivity contribution in [1.29, 1.82) is 0 Å². The number of hydrogen-bond acceptors (Lipinski definition) is 5. The first kappa shape index (κ1) is 16.7. The fourth-order valence-electron chi connectivity index (χ4n) is 2.87. The number of nitrogens with zero attached hydrogens (tertiary/aromatic N) is 4. The average Bonchev–Trinajstić information content (AvgIpc) is 2.94. The molecule has 8 heteroatoms. The first-order valence-corrected chi connectivity index (χ1v) is 8.48. The fraction of sp³-hybridized carbons (Fsp3) is 0.562. The van der Waals surface area contributed by atoms with Crippen LogP contribution in [0.15, 0.2) is 29.2 Å². The number of rotatable bonds is 7. The van der Waals surface area contributed by atoms with Crippen molar-refractivity contribution < 1.29 is 4.79 Å². The smallest absolute Gasteiger partial charge is 0.350 e. The molecule has 0 saturated carbocycles. The van der Waals surface area contributed by atoms with Gasteiger partial charge in [0.05, 0.1) is 6.54 Å². The largest absolute Gasteiger partial charge is 0.356 e. The quantitative estimate of drug-likeness (QED) is 0.655. The predicted octanol–water partition coefficient (Wildman–Crippen LogP) is -0.702. The Bertz CT molecular complexity index is 731. The summed E-state index contributed by atoms with van der Waals surface area (Å²) in [6.07, 6.45) is 2.88. The second kappa shape index (κ2) is 8.07. The van der Waals surface area contributed by atoms with Gasteiger partial charge in [-0.2, -0.15) is 0 Å². The number of aromatic nitrogens is 3. The first-order valence-electron chi connectivity index (χ1n) is 8.48. The highest BCUT2D eigenvalue weighted by atomic mass is 16.2. The van der Waals surface area contributed by atoms with Crippen molar-refractivity contribution in [3.05, 3.63) is 34.9 Å². The van der Waals surface area contributed by atoms with Gasteiger partial charge < -0.3 is 15.5 Å². The summed E-state index contributed by atoms with van der Waals surface area (Å²) in [4.78, 5) is 26.4. The molecule has 1 saturated heterocycles. The van der Waals surface area contributed by atoms with Gasteiger partial charge in [0.25, 0.3) is 0 Å². The van der Waals surface area contributed by atoms with Gasteiger partial charge in [0, 0.05) is 45.3 Å². The molecule has 8 nitrogen and oxygen atoms in total. The van der Waals surface area contributed by atoms with Gasteiger partial charge in [0.15, 0.2) is 5.65 Å². The summed E-state index contributed by atoms with van der Waals surface area (Å²) >= 11 is 0. The molecule has 0 aliphatic carbocycles. The molecule has 0 radical (unpaired) electrons. The second-order valence-corrected chi connectivity index (χ2v) is 5.98. The number of pyridine rings is 1. The van der Waals surface area contributed by atoms with Crippen LogP contribution in [0.1, 0.15) is 12.8 Å². The van der Waals surface area contributed by atoms with Crippen LogP contribution in [-0.4, -0.2) is 64.3 Å². The molecule has 0 spiro atoms. The number of carbonyl (C=O) groups excluding carboxylic acids is 1. The Balaban J connectivity index is 1.38. The van der Waals surface area contributed by atoms with E-state index in [1.165, 1.54) is 9.08 Å². The number of fused-ring (bicyclic) bond motifs is 1. The Kier molecular flexibility index (Phi) is 5.60. The zero-order valence-electron chi connectivity index (χ0n) is 13.8. The molecule has 1 amide bonds. The van der Waals surface area contributed by atoms with Crippen LogP contribution in [0.5, 0.6) is 0 Å². The Morgan fingerprint density at radius 2 is 2.08 bits per heavy atom. The van der Waals surface area contributed by atoms with E-state index in [1.54, 1.807) is 18.3 Å². The normalized spacial score (nSPS) is 15.7. The lowest BCUT2D eigenvalue weighted by molar-refractivity contribution is -0.121. The van der Waals surface area contributed by atoms with E-state index < -0.39 is 0 Å². The molecule has 2 aromatic heterocycles. The molecule has 0 aromatic carbocycles. The molecule has 3 heterocycles. The lowest BCUT2D eigenvalue weighted by atomic mass is 10.3. The van der Waals surface area contributed by atoms with E-state index in [2.05, 4.69) is 20.6 Å². The predicted molar refractivity (Wildman–Crippen MR) is 91.0 cm³/mol. The molecule has 1 fully saturated rings. The zero-order chi connectivity index (χ0) is 16.8. The highest BCUT2D eigenvalue weighted by molar-refractivity contribution is 5.75. The minimum Gasteiger partial charge on any atom is -0.356 e. The minimum absolute atomic E-state index is 0.0423. The van der Waals surface area contributed by atoms with Crippen molar-refractivity contribution in [2.75, 3.05) is 39.3 Å². The standard InChI is InChI=1S/C16H24N6O2/c23-15(18-6-3-9-20-12-7-17-8-13-20)5-11-22-16(24)21-10-2-1-4-14(21)19-22/h1-2,4,10,17H,3,5-9,11-13H2,(H,18,23). The topological polar surface area (TPSA) is 83.7 Å². The second-order valence-electron chi connectivity index (χ2n) is 5.98. The van der Waals surface area contributed by atoms with Crippen molar-refractivity contribution in [2.45, 2.75) is 19.4 Å². The molecule has 2 N–H and O–H groups in total. The third-order valence-corrected chi connectivity index (χ3v) is 4.22. The van der Waals surface area contributed by atoms with Crippen molar-refractivity contribution in [2.24, 2.45) is 0 Å². The highest BCUT2D eigenvalue weighted by Crippen LogP contribution is 1.96. The molecule has 3 rings (SSSR count). The fourth-order valence-corrected chi connectivity index (χ4v) is 2.87. The van der Waals surface area contributed by atoms with Crippen LogP contribution in [0.25, 0.3) is 5.65 Å². The molecule has 1 aliphatic rings. The molecule has 1 aliphatic heterocycles. The van der Waals surface area contributed by atoms with E-state index in [-0.39, 0.29) is 18.0 Å². The van der Waals surface area contributed by atoms with E-state index in [0.29, 0.717) is 18.7 Å². The maximum absolute atomic E-state index is 12.1. The van der Waals surface area contributed by atoms with Crippen LogP contribution < -0.4 is 16.3 Å². The molecular weight excluding hydrogens is 308 g/mol. The van der Waals surface area contributed by atoms with Gasteiger partial charge in [-0.15, -0.1) is 5.10 Å². The molecule has 0 unspecified atom stereocenters. The number of carbonyl (C=O) groups is 1. The highest BCUT2D eigenvalue weighted by Gasteiger charge is 2.10. The van der Waals surface area contributed by atoms with Crippen molar-refractivity contribution >= 4 is 11.6 Å². The number of nitrogens with one attached hydrogen (secondary N) is 2. The number of amides is 1. The van der Waals surface area contributed by atoms with Crippen LogP contribution in [0.2, 0.25) is 0 Å². The Morgan fingerprint density at radius 1 is 1.25 bits per heavy atom. The third-order valence-electron chi connectivity index (χ3n) is 4.22. The SMILES string of the molecule is O=C(CCn1nc2ccccn2c1=O)NCCCN1CCNCC1. The van der Waals surface area contributed by atoms with E-state index in [0.717, 1.165) is 39.1 Å². The van der Waals surface area contributed by atoms with Gasteiger partial charge in [0.1, 0.15) is 0 Å². The average molecular weight is 332 g/mol. The Labute approximate surface area is 140 Å². The molecule has 24 heavy (non-hydrogen) atoms. The van der Waals surface area contributed by atoms with E-state index in [4.69, 9.17) is 0 Å². The van der Waals surface area contributed by atoms with E-state index >= 15 is 0 Å². The van der Waals surface area contributed by atoms with Crippen LogP contribution in [0.4, 0.5) is 0 Å². The number of hydrogen-bond donors (Lipinski definition) is 2. The molecule has 130 valence electrons. The van der Waals surface area contributed by atoms with Crippen LogP contribution in [-0.2, 0) is 11.3 Å². The van der Waals surface area contributed by atoms with Crippen molar-refractivity contribution in [1.82, 2.24) is 29.7 Å². The van der Waals surface area contributed by atoms with Crippen LogP contribution in [0, 0.1) is 0 Å². The van der Waals surface area contributed by atoms with Gasteiger partial charge in [-0.1, -0.05) is 6.07 Å². The lowest BCUT2D eigenvalue weighted by Gasteiger charge is -2.27. The van der Waals surface area contributed by atoms with Gasteiger partial charge in [-0.25, -0.2) is 9.48 Å². The number of piperazine rings is 1. The first-order chi connectivity index (χ1) is 11.7. The van der Waals surface area contributed by atoms with Crippen molar-refractivity contribution in [3.8, 4) is 0 Å². The van der Waals surface area contributed by atoms with Gasteiger partial charge >= 0.3 is 5.69 Å². The summed E-state index contributed by atoms with van der Waals surface area (Å²) in [6.45, 7) is 6.20. The number of aryl methyl sites for hydroxylation is 1. The zero-order valence-corrected chi connectivity index (χ0v) is 13.8. The van der Waals surface area contributed by atoms with Crippen molar-refractivity contribution in [3.63, 3.8) is 0 Å². The van der Waals surface area contributed by atoms with Crippen LogP contribution >= 0.6 is 0 Å². The summed E-state index contributed by atoms with van der Waals surface area (Å²) in [5.74, 6) is -0.0423. The van der Waals surface area contributed by atoms with E-state index in [1.807, 2.05) is 6.07 Å². The molecular formula is C16H24N6O2. The molecule has 0 atom stereocenters. The van der Waals surface area contributed by atoms with Gasteiger partial charge in [-0.05, 0) is 25.1 Å². The third kappa shape index (κ3) is 4.21. The Morgan fingerprint density at radius 3 is 2.88 bits per heavy atom. The maximum Gasteiger partial charge on any atom is 0.350 e. The maximum atomic E-state index is 12.1. The molecule has 0 bridgehead atoms. The summed E-state index contributed by atoms with van der Waals surface area (Å²) in [5.41, 5.74) is 0.385. The summed E-state index contributed by atoms with van der Waals surface area (Å²) < 4.78 is 2.82. The monoisotopic (exact) mass is 332 g/mol. The molecule has 2 aromatic rings. The van der Waals surface area contributed by atoms with E-state index in [9.17, 15) is 9.59 Å². The van der Waals surface area contributed by atoms with Crippen LogP contribution in [0.3, 0.4) is 0 Å².